The number of benzene rings is 2. The second-order valence-electron chi connectivity index (χ2n) is 5.47. The molecule has 1 heterocycles. The van der Waals surface area contributed by atoms with Crippen molar-refractivity contribution in [1.29, 1.82) is 0 Å². The van der Waals surface area contributed by atoms with Gasteiger partial charge in [0.2, 0.25) is 0 Å². The fourth-order valence-electron chi connectivity index (χ4n) is 3.08. The van der Waals surface area contributed by atoms with Gasteiger partial charge in [-0.05, 0) is 0 Å². The summed E-state index contributed by atoms with van der Waals surface area (Å²) in [5.41, 5.74) is 1.41. The standard InChI is InChI=1S/C18H18O2/c1-13-14(2)18(20-17(13)19,15-9-5-3-6-10-15)16-11-7-4-8-12-16/h3-14H,1-2H3/t13-,14-/m1/s1. The molecule has 0 aromatic heterocycles. The summed E-state index contributed by atoms with van der Waals surface area (Å²) in [6, 6.07) is 20.1. The second-order valence-corrected chi connectivity index (χ2v) is 5.47. The third-order valence-corrected chi connectivity index (χ3v) is 4.43. The first kappa shape index (κ1) is 12.9. The number of rotatable bonds is 2. The lowest BCUT2D eigenvalue weighted by atomic mass is 9.74. The molecule has 2 heteroatoms. The summed E-state index contributed by atoms with van der Waals surface area (Å²) < 4.78 is 5.91. The summed E-state index contributed by atoms with van der Waals surface area (Å²) in [4.78, 5) is 12.1. The van der Waals surface area contributed by atoms with E-state index in [2.05, 4.69) is 6.92 Å². The minimum absolute atomic E-state index is 0.0970. The van der Waals surface area contributed by atoms with Gasteiger partial charge in [0.15, 0.2) is 5.60 Å². The van der Waals surface area contributed by atoms with E-state index in [1.165, 1.54) is 0 Å². The van der Waals surface area contributed by atoms with Crippen molar-refractivity contribution in [2.75, 3.05) is 0 Å². The van der Waals surface area contributed by atoms with Gasteiger partial charge < -0.3 is 4.74 Å². The fourth-order valence-corrected chi connectivity index (χ4v) is 3.08. The van der Waals surface area contributed by atoms with E-state index in [-0.39, 0.29) is 17.8 Å². The lowest BCUT2D eigenvalue weighted by Gasteiger charge is -2.33. The average Bonchev–Trinajstić information content (AvgIpc) is 2.74. The number of esters is 1. The molecule has 0 N–H and O–H groups in total. The quantitative estimate of drug-likeness (QED) is 0.774. The molecule has 0 spiro atoms. The van der Waals surface area contributed by atoms with Crippen molar-refractivity contribution in [3.05, 3.63) is 71.8 Å². The fraction of sp³-hybridized carbons (Fsp3) is 0.278. The Balaban J connectivity index is 2.22. The van der Waals surface area contributed by atoms with E-state index < -0.39 is 5.60 Å². The van der Waals surface area contributed by atoms with Gasteiger partial charge in [0.1, 0.15) is 0 Å². The van der Waals surface area contributed by atoms with Crippen LogP contribution in [0.3, 0.4) is 0 Å². The molecule has 1 saturated heterocycles. The highest BCUT2D eigenvalue weighted by molar-refractivity contribution is 5.77. The van der Waals surface area contributed by atoms with Crippen LogP contribution in [0.25, 0.3) is 0 Å². The van der Waals surface area contributed by atoms with E-state index >= 15 is 0 Å². The Morgan fingerprint density at radius 3 is 1.65 bits per heavy atom. The first-order valence-electron chi connectivity index (χ1n) is 7.00. The summed E-state index contributed by atoms with van der Waals surface area (Å²) >= 11 is 0. The molecule has 1 aliphatic rings. The summed E-state index contributed by atoms with van der Waals surface area (Å²) in [5, 5.41) is 0. The van der Waals surface area contributed by atoms with Crippen molar-refractivity contribution in [3.8, 4) is 0 Å². The molecule has 0 saturated carbocycles. The Morgan fingerprint density at radius 2 is 1.30 bits per heavy atom. The van der Waals surface area contributed by atoms with Gasteiger partial charge in [0.05, 0.1) is 5.92 Å². The molecule has 2 atom stereocenters. The summed E-state index contributed by atoms with van der Waals surface area (Å²) in [7, 11) is 0. The minimum Gasteiger partial charge on any atom is -0.449 e. The molecule has 20 heavy (non-hydrogen) atoms. The molecule has 0 amide bonds. The van der Waals surface area contributed by atoms with Crippen LogP contribution in [0.5, 0.6) is 0 Å². The Hall–Kier alpha value is -2.09. The lowest BCUT2D eigenvalue weighted by molar-refractivity contribution is -0.148. The SMILES string of the molecule is C[C@@H]1[C@@H](C)C(=O)OC1(c1ccccc1)c1ccccc1. The van der Waals surface area contributed by atoms with Crippen molar-refractivity contribution in [3.63, 3.8) is 0 Å². The third-order valence-electron chi connectivity index (χ3n) is 4.43. The van der Waals surface area contributed by atoms with Crippen LogP contribution in [0.4, 0.5) is 0 Å². The van der Waals surface area contributed by atoms with Crippen molar-refractivity contribution < 1.29 is 9.53 Å². The minimum atomic E-state index is -0.668. The van der Waals surface area contributed by atoms with E-state index in [1.807, 2.05) is 67.6 Å². The Bertz CT molecular complexity index is 564. The number of ether oxygens (including phenoxy) is 1. The van der Waals surface area contributed by atoms with Crippen LogP contribution in [0, 0.1) is 11.8 Å². The number of carbonyl (C=O) groups excluding carboxylic acids is 1. The lowest BCUT2D eigenvalue weighted by Crippen LogP contribution is -2.33. The summed E-state index contributed by atoms with van der Waals surface area (Å²) in [5.74, 6) is -0.125. The van der Waals surface area contributed by atoms with Crippen LogP contribution in [0.15, 0.2) is 60.7 Å². The van der Waals surface area contributed by atoms with Crippen molar-refractivity contribution in [1.82, 2.24) is 0 Å². The smallest absolute Gasteiger partial charge is 0.310 e. The summed E-state index contributed by atoms with van der Waals surface area (Å²) in [6.07, 6.45) is 0. The van der Waals surface area contributed by atoms with Gasteiger partial charge in [0, 0.05) is 17.0 Å². The maximum Gasteiger partial charge on any atom is 0.310 e. The normalized spacial score (nSPS) is 24.4. The highest BCUT2D eigenvalue weighted by Gasteiger charge is 2.53. The van der Waals surface area contributed by atoms with Gasteiger partial charge >= 0.3 is 5.97 Å². The number of cyclic esters (lactones) is 1. The van der Waals surface area contributed by atoms with E-state index in [9.17, 15) is 4.79 Å². The maximum absolute atomic E-state index is 12.1. The molecule has 0 radical (unpaired) electrons. The van der Waals surface area contributed by atoms with Crippen LogP contribution in [0.2, 0.25) is 0 Å². The zero-order chi connectivity index (χ0) is 14.2. The molecular formula is C18H18O2. The second kappa shape index (κ2) is 4.78. The Kier molecular flexibility index (Phi) is 3.09. The Labute approximate surface area is 119 Å². The van der Waals surface area contributed by atoms with Crippen LogP contribution < -0.4 is 0 Å². The predicted molar refractivity (Wildman–Crippen MR) is 78.1 cm³/mol. The predicted octanol–water partition coefficient (Wildman–Crippen LogP) is 3.76. The van der Waals surface area contributed by atoms with Crippen LogP contribution in [0.1, 0.15) is 25.0 Å². The molecule has 102 valence electrons. The molecule has 2 aromatic carbocycles. The largest absolute Gasteiger partial charge is 0.449 e. The number of carbonyl (C=O) groups is 1. The third kappa shape index (κ3) is 1.75. The summed E-state index contributed by atoms with van der Waals surface area (Å²) in [6.45, 7) is 4.04. The maximum atomic E-state index is 12.1. The van der Waals surface area contributed by atoms with Crippen molar-refractivity contribution in [2.24, 2.45) is 11.8 Å². The Morgan fingerprint density at radius 1 is 0.850 bits per heavy atom. The molecular weight excluding hydrogens is 248 g/mol. The molecule has 2 nitrogen and oxygen atoms in total. The van der Waals surface area contributed by atoms with E-state index in [1.54, 1.807) is 0 Å². The number of hydrogen-bond acceptors (Lipinski definition) is 2. The van der Waals surface area contributed by atoms with Crippen LogP contribution in [-0.4, -0.2) is 5.97 Å². The van der Waals surface area contributed by atoms with Crippen LogP contribution in [-0.2, 0) is 15.1 Å². The average molecular weight is 266 g/mol. The molecule has 1 fully saturated rings. The molecule has 0 bridgehead atoms. The molecule has 2 aromatic rings. The molecule has 0 aliphatic carbocycles. The molecule has 0 unspecified atom stereocenters. The van der Waals surface area contributed by atoms with Gasteiger partial charge in [-0.1, -0.05) is 74.5 Å². The first-order valence-corrected chi connectivity index (χ1v) is 7.00. The van der Waals surface area contributed by atoms with Crippen molar-refractivity contribution >= 4 is 5.97 Å². The monoisotopic (exact) mass is 266 g/mol. The van der Waals surface area contributed by atoms with Gasteiger partial charge in [-0.25, -0.2) is 0 Å². The molecule has 1 aliphatic heterocycles. The topological polar surface area (TPSA) is 26.3 Å². The molecule has 3 rings (SSSR count). The van der Waals surface area contributed by atoms with Crippen LogP contribution >= 0.6 is 0 Å². The van der Waals surface area contributed by atoms with Gasteiger partial charge in [-0.2, -0.15) is 0 Å². The zero-order valence-electron chi connectivity index (χ0n) is 11.7. The van der Waals surface area contributed by atoms with Gasteiger partial charge in [-0.3, -0.25) is 4.79 Å². The highest BCUT2D eigenvalue weighted by Crippen LogP contribution is 2.49. The highest BCUT2D eigenvalue weighted by atomic mass is 16.6. The first-order chi connectivity index (χ1) is 9.66. The van der Waals surface area contributed by atoms with E-state index in [0.29, 0.717) is 0 Å². The van der Waals surface area contributed by atoms with Gasteiger partial charge in [-0.15, -0.1) is 0 Å². The van der Waals surface area contributed by atoms with E-state index in [0.717, 1.165) is 11.1 Å². The number of hydrogen-bond donors (Lipinski definition) is 0. The van der Waals surface area contributed by atoms with E-state index in [4.69, 9.17) is 4.74 Å². The van der Waals surface area contributed by atoms with Gasteiger partial charge in [0.25, 0.3) is 0 Å². The van der Waals surface area contributed by atoms with Crippen molar-refractivity contribution in [2.45, 2.75) is 19.4 Å². The zero-order valence-corrected chi connectivity index (χ0v) is 11.7.